The lowest BCUT2D eigenvalue weighted by Crippen LogP contribution is -2.34. The highest BCUT2D eigenvalue weighted by molar-refractivity contribution is 5.29. The molecule has 3 heteroatoms. The molecule has 1 aromatic rings. The SMILES string of the molecule is C=C[C@]1(CO)CC[C@@H](C(=C)C)[C@H](c2ccc(COCCOC)cc2)C1. The van der Waals surface area contributed by atoms with Crippen molar-refractivity contribution in [2.75, 3.05) is 26.9 Å². The number of aliphatic hydroxyl groups excluding tert-OH is 1. The monoisotopic (exact) mass is 344 g/mol. The van der Waals surface area contributed by atoms with E-state index < -0.39 is 0 Å². The van der Waals surface area contributed by atoms with Crippen LogP contribution in [0, 0.1) is 11.3 Å². The van der Waals surface area contributed by atoms with Crippen molar-refractivity contribution in [2.24, 2.45) is 11.3 Å². The van der Waals surface area contributed by atoms with E-state index in [9.17, 15) is 5.11 Å². The first-order chi connectivity index (χ1) is 12.0. The molecule has 3 nitrogen and oxygen atoms in total. The van der Waals surface area contributed by atoms with Gasteiger partial charge in [0.05, 0.1) is 26.4 Å². The Balaban J connectivity index is 2.12. The zero-order valence-electron chi connectivity index (χ0n) is 15.7. The average molecular weight is 344 g/mol. The quantitative estimate of drug-likeness (QED) is 0.530. The summed E-state index contributed by atoms with van der Waals surface area (Å²) in [5, 5.41) is 9.90. The molecule has 0 amide bonds. The molecule has 0 aliphatic heterocycles. The minimum atomic E-state index is -0.168. The van der Waals surface area contributed by atoms with Crippen LogP contribution in [0.2, 0.25) is 0 Å². The number of allylic oxidation sites excluding steroid dienone is 1. The summed E-state index contributed by atoms with van der Waals surface area (Å²) in [4.78, 5) is 0. The van der Waals surface area contributed by atoms with E-state index in [-0.39, 0.29) is 12.0 Å². The molecule has 2 rings (SSSR count). The zero-order chi connectivity index (χ0) is 18.3. The van der Waals surface area contributed by atoms with Gasteiger partial charge in [0, 0.05) is 12.5 Å². The molecule has 3 atom stereocenters. The summed E-state index contributed by atoms with van der Waals surface area (Å²) in [6.45, 7) is 12.3. The Morgan fingerprint density at radius 2 is 2.04 bits per heavy atom. The smallest absolute Gasteiger partial charge is 0.0718 e. The van der Waals surface area contributed by atoms with Gasteiger partial charge in [-0.15, -0.1) is 6.58 Å². The van der Waals surface area contributed by atoms with Crippen molar-refractivity contribution in [3.63, 3.8) is 0 Å². The third-order valence-electron chi connectivity index (χ3n) is 5.55. The maximum absolute atomic E-state index is 9.90. The highest BCUT2D eigenvalue weighted by atomic mass is 16.5. The van der Waals surface area contributed by atoms with Gasteiger partial charge in [-0.2, -0.15) is 0 Å². The van der Waals surface area contributed by atoms with E-state index in [0.29, 0.717) is 31.7 Å². The molecule has 0 saturated heterocycles. The number of rotatable bonds is 9. The van der Waals surface area contributed by atoms with E-state index in [0.717, 1.165) is 19.3 Å². The normalized spacial score (nSPS) is 26.4. The molecule has 1 aromatic carbocycles. The Bertz CT molecular complexity index is 563. The van der Waals surface area contributed by atoms with Crippen LogP contribution >= 0.6 is 0 Å². The summed E-state index contributed by atoms with van der Waals surface area (Å²) in [7, 11) is 1.68. The topological polar surface area (TPSA) is 38.7 Å². The van der Waals surface area contributed by atoms with Crippen LogP contribution in [0.3, 0.4) is 0 Å². The molecule has 1 fully saturated rings. The summed E-state index contributed by atoms with van der Waals surface area (Å²) >= 11 is 0. The van der Waals surface area contributed by atoms with Crippen LogP contribution in [-0.4, -0.2) is 32.0 Å². The van der Waals surface area contributed by atoms with Crippen LogP contribution in [0.15, 0.2) is 49.1 Å². The van der Waals surface area contributed by atoms with Crippen molar-refractivity contribution < 1.29 is 14.6 Å². The zero-order valence-corrected chi connectivity index (χ0v) is 15.7. The Kier molecular flexibility index (Phi) is 7.42. The molecule has 1 saturated carbocycles. The number of ether oxygens (including phenoxy) is 2. The first-order valence-electron chi connectivity index (χ1n) is 9.10. The van der Waals surface area contributed by atoms with E-state index in [2.05, 4.69) is 44.3 Å². The molecule has 0 spiro atoms. The van der Waals surface area contributed by atoms with Gasteiger partial charge < -0.3 is 14.6 Å². The molecule has 0 heterocycles. The molecule has 1 aliphatic carbocycles. The van der Waals surface area contributed by atoms with Crippen LogP contribution < -0.4 is 0 Å². The maximum atomic E-state index is 9.90. The number of hydrogen-bond acceptors (Lipinski definition) is 3. The summed E-state index contributed by atoms with van der Waals surface area (Å²) < 4.78 is 10.6. The van der Waals surface area contributed by atoms with Gasteiger partial charge >= 0.3 is 0 Å². The van der Waals surface area contributed by atoms with E-state index in [1.54, 1.807) is 7.11 Å². The molecule has 1 N–H and O–H groups in total. The highest BCUT2D eigenvalue weighted by Gasteiger charge is 2.39. The third-order valence-corrected chi connectivity index (χ3v) is 5.55. The molecule has 138 valence electrons. The molecular formula is C22H32O3. The predicted octanol–water partition coefficient (Wildman–Crippen LogP) is 4.47. The second-order valence-electron chi connectivity index (χ2n) is 7.31. The van der Waals surface area contributed by atoms with Crippen molar-refractivity contribution in [3.8, 4) is 0 Å². The summed E-state index contributed by atoms with van der Waals surface area (Å²) in [6.07, 6.45) is 4.90. The fraction of sp³-hybridized carbons (Fsp3) is 0.545. The van der Waals surface area contributed by atoms with E-state index in [4.69, 9.17) is 9.47 Å². The Hall–Kier alpha value is -1.42. The first-order valence-corrected chi connectivity index (χ1v) is 9.10. The summed E-state index contributed by atoms with van der Waals surface area (Å²) in [5.74, 6) is 0.836. The van der Waals surface area contributed by atoms with Gasteiger partial charge in [0.15, 0.2) is 0 Å². The molecule has 0 unspecified atom stereocenters. The van der Waals surface area contributed by atoms with Gasteiger partial charge in [-0.05, 0) is 49.1 Å². The van der Waals surface area contributed by atoms with E-state index in [1.165, 1.54) is 16.7 Å². The lowest BCUT2D eigenvalue weighted by atomic mass is 9.62. The van der Waals surface area contributed by atoms with Crippen LogP contribution in [-0.2, 0) is 16.1 Å². The van der Waals surface area contributed by atoms with Crippen LogP contribution in [0.5, 0.6) is 0 Å². The fourth-order valence-corrected chi connectivity index (χ4v) is 3.85. The van der Waals surface area contributed by atoms with Gasteiger partial charge in [-0.3, -0.25) is 0 Å². The number of benzene rings is 1. The molecule has 25 heavy (non-hydrogen) atoms. The molecular weight excluding hydrogens is 312 g/mol. The maximum Gasteiger partial charge on any atom is 0.0718 e. The number of aliphatic hydroxyl groups is 1. The van der Waals surface area contributed by atoms with Crippen molar-refractivity contribution in [1.82, 2.24) is 0 Å². The first kappa shape index (κ1) is 19.9. The number of hydrogen-bond donors (Lipinski definition) is 1. The van der Waals surface area contributed by atoms with E-state index in [1.807, 2.05) is 6.08 Å². The van der Waals surface area contributed by atoms with Gasteiger partial charge in [-0.1, -0.05) is 42.5 Å². The lowest BCUT2D eigenvalue weighted by Gasteiger charge is -2.43. The van der Waals surface area contributed by atoms with Gasteiger partial charge in [0.25, 0.3) is 0 Å². The Labute approximate surface area is 152 Å². The molecule has 0 aromatic heterocycles. The largest absolute Gasteiger partial charge is 0.395 e. The molecule has 0 radical (unpaired) electrons. The van der Waals surface area contributed by atoms with Gasteiger partial charge in [0.1, 0.15) is 0 Å². The minimum Gasteiger partial charge on any atom is -0.395 e. The summed E-state index contributed by atoms with van der Waals surface area (Å²) in [5.41, 5.74) is 3.54. The molecule has 1 aliphatic rings. The van der Waals surface area contributed by atoms with Gasteiger partial charge in [-0.25, -0.2) is 0 Å². The molecule has 0 bridgehead atoms. The van der Waals surface area contributed by atoms with Crippen LogP contribution in [0.4, 0.5) is 0 Å². The Morgan fingerprint density at radius 1 is 1.32 bits per heavy atom. The number of methoxy groups -OCH3 is 1. The summed E-state index contributed by atoms with van der Waals surface area (Å²) in [6, 6.07) is 8.68. The third kappa shape index (κ3) is 5.04. The van der Waals surface area contributed by atoms with Crippen LogP contribution in [0.25, 0.3) is 0 Å². The standard InChI is InChI=1S/C22H32O3/c1-5-22(16-23)11-10-20(17(2)3)21(14-22)19-8-6-18(7-9-19)15-25-13-12-24-4/h5-9,20-21,23H,1-2,10-16H2,3-4H3/t20-,21-,22-/m0/s1. The van der Waals surface area contributed by atoms with Crippen molar-refractivity contribution in [1.29, 1.82) is 0 Å². The minimum absolute atomic E-state index is 0.168. The second kappa shape index (κ2) is 9.33. The lowest BCUT2D eigenvalue weighted by molar-refractivity contribution is 0.0616. The highest BCUT2D eigenvalue weighted by Crippen LogP contribution is 2.49. The van der Waals surface area contributed by atoms with E-state index >= 15 is 0 Å². The van der Waals surface area contributed by atoms with Crippen molar-refractivity contribution in [3.05, 3.63) is 60.2 Å². The van der Waals surface area contributed by atoms with Crippen molar-refractivity contribution in [2.45, 2.75) is 38.7 Å². The van der Waals surface area contributed by atoms with Gasteiger partial charge in [0.2, 0.25) is 0 Å². The predicted molar refractivity (Wildman–Crippen MR) is 103 cm³/mol. The fourth-order valence-electron chi connectivity index (χ4n) is 3.85. The van der Waals surface area contributed by atoms with Crippen LogP contribution in [0.1, 0.15) is 43.2 Å². The second-order valence-corrected chi connectivity index (χ2v) is 7.31. The van der Waals surface area contributed by atoms with Crippen molar-refractivity contribution >= 4 is 0 Å². The average Bonchev–Trinajstić information content (AvgIpc) is 2.65. The Morgan fingerprint density at radius 3 is 2.60 bits per heavy atom.